The molecule has 0 rings (SSSR count). The Bertz CT molecular complexity index is 48.2. The van der Waals surface area contributed by atoms with Gasteiger partial charge in [0.2, 0.25) is 0 Å². The van der Waals surface area contributed by atoms with Gasteiger partial charge in [0.05, 0.1) is 0 Å². The van der Waals surface area contributed by atoms with Crippen molar-refractivity contribution in [1.82, 2.24) is 0 Å². The maximum Gasteiger partial charge on any atom is 0.303 e. The van der Waals surface area contributed by atoms with Crippen LogP contribution in [0.1, 0.15) is 13.3 Å². The van der Waals surface area contributed by atoms with Gasteiger partial charge in [-0.1, -0.05) is 6.92 Å². The van der Waals surface area contributed by atoms with Crippen LogP contribution in [0.15, 0.2) is 0 Å². The van der Waals surface area contributed by atoms with Gasteiger partial charge in [0.25, 0.3) is 0 Å². The smallest absolute Gasteiger partial charge is 0.303 e. The molecular weight excluding hydrogens is 160 g/mol. The fourth-order valence-electron chi connectivity index (χ4n) is 0. The molecule has 38 valence electrons. The average Bonchev–Trinajstić information content (AvgIpc) is 1.38. The summed E-state index contributed by atoms with van der Waals surface area (Å²) >= 11 is 0. The molecule has 0 amide bonds. The Morgan fingerprint density at radius 2 is 1.86 bits per heavy atom. The first-order valence-electron chi connectivity index (χ1n) is 1.49. The monoisotopic (exact) mass is 168 g/mol. The van der Waals surface area contributed by atoms with Crippen LogP contribution in [-0.2, 0) is 24.3 Å². The number of hydrogen-bond acceptors (Lipinski definition) is 1. The van der Waals surface area contributed by atoms with E-state index in [0.717, 1.165) is 0 Å². The van der Waals surface area contributed by atoms with Crippen molar-refractivity contribution < 1.29 is 29.4 Å². The number of rotatable bonds is 1. The fraction of sp³-hybridized carbons (Fsp3) is 0.667. The van der Waals surface area contributed by atoms with E-state index >= 15 is 0 Å². The Labute approximate surface area is 66.2 Å². The normalized spacial score (nSPS) is 5.29. The first-order valence-corrected chi connectivity index (χ1v) is 1.49. The molecule has 0 aromatic carbocycles. The third kappa shape index (κ3) is 20.6. The molecule has 0 heterocycles. The summed E-state index contributed by atoms with van der Waals surface area (Å²) in [5.74, 6) is -0.745. The van der Waals surface area contributed by atoms with E-state index in [0.29, 0.717) is 0 Å². The molecule has 0 aliphatic heterocycles. The molecule has 0 radical (unpaired) electrons. The van der Waals surface area contributed by atoms with Gasteiger partial charge in [-0.15, -0.1) is 0 Å². The summed E-state index contributed by atoms with van der Waals surface area (Å²) in [5, 5.41) is 7.72. The minimum atomic E-state index is -0.745. The predicted octanol–water partition coefficient (Wildman–Crippen LogP) is -0.705. The SMILES string of the molecule is CCC(=O)O.[AlH3].[Zn]. The third-order valence-corrected chi connectivity index (χ3v) is 0.302. The van der Waals surface area contributed by atoms with Gasteiger partial charge in [0.1, 0.15) is 0 Å². The van der Waals surface area contributed by atoms with E-state index < -0.39 is 5.97 Å². The summed E-state index contributed by atoms with van der Waals surface area (Å²) in [4.78, 5) is 9.37. The average molecular weight is 169 g/mol. The number of carbonyl (C=O) groups is 1. The van der Waals surface area contributed by atoms with E-state index in [4.69, 9.17) is 5.11 Å². The predicted molar refractivity (Wildman–Crippen MR) is 27.9 cm³/mol. The molecule has 0 fully saturated rings. The molecule has 0 saturated heterocycles. The largest absolute Gasteiger partial charge is 0.481 e. The molecular formula is C3H9AlO2Zn. The zero-order valence-electron chi connectivity index (χ0n) is 3.77. The molecule has 2 nitrogen and oxygen atoms in total. The fourth-order valence-corrected chi connectivity index (χ4v) is 0. The van der Waals surface area contributed by atoms with Crippen LogP contribution >= 0.6 is 0 Å². The van der Waals surface area contributed by atoms with Crippen LogP contribution in [0, 0.1) is 0 Å². The first-order chi connectivity index (χ1) is 2.27. The van der Waals surface area contributed by atoms with Crippen LogP contribution in [-0.4, -0.2) is 28.4 Å². The maximum absolute atomic E-state index is 9.37. The van der Waals surface area contributed by atoms with Crippen molar-refractivity contribution >= 4 is 23.3 Å². The van der Waals surface area contributed by atoms with Crippen molar-refractivity contribution in [3.8, 4) is 0 Å². The van der Waals surface area contributed by atoms with Crippen LogP contribution in [0.2, 0.25) is 0 Å². The van der Waals surface area contributed by atoms with Gasteiger partial charge in [-0.2, -0.15) is 0 Å². The molecule has 1 N–H and O–H groups in total. The number of carboxylic acids is 1. The summed E-state index contributed by atoms with van der Waals surface area (Å²) < 4.78 is 0. The minimum Gasteiger partial charge on any atom is -0.481 e. The van der Waals surface area contributed by atoms with Crippen LogP contribution < -0.4 is 0 Å². The van der Waals surface area contributed by atoms with Crippen LogP contribution in [0.25, 0.3) is 0 Å². The van der Waals surface area contributed by atoms with Crippen molar-refractivity contribution in [2.45, 2.75) is 13.3 Å². The first kappa shape index (κ1) is 15.6. The van der Waals surface area contributed by atoms with Gasteiger partial charge in [-0.3, -0.25) is 4.79 Å². The molecule has 0 aromatic rings. The van der Waals surface area contributed by atoms with Crippen molar-refractivity contribution in [1.29, 1.82) is 0 Å². The van der Waals surface area contributed by atoms with E-state index in [1.165, 1.54) is 0 Å². The molecule has 0 aliphatic rings. The van der Waals surface area contributed by atoms with E-state index in [9.17, 15) is 4.79 Å². The van der Waals surface area contributed by atoms with E-state index in [2.05, 4.69) is 0 Å². The standard InChI is InChI=1S/C3H6O2.Al.Zn.3H/c1-2-3(4)5;;;;;/h2H2,1H3,(H,4,5);;;;;. The Hall–Kier alpha value is 0.626. The summed E-state index contributed by atoms with van der Waals surface area (Å²) in [6.45, 7) is 1.60. The Morgan fingerprint density at radius 3 is 1.86 bits per heavy atom. The Morgan fingerprint density at radius 1 is 1.71 bits per heavy atom. The third-order valence-electron chi connectivity index (χ3n) is 0.302. The van der Waals surface area contributed by atoms with Crippen molar-refractivity contribution in [2.75, 3.05) is 0 Å². The topological polar surface area (TPSA) is 37.3 Å². The van der Waals surface area contributed by atoms with Gasteiger partial charge in [-0.05, 0) is 0 Å². The maximum atomic E-state index is 9.37. The Balaban J connectivity index is -0.0000000800. The zero-order chi connectivity index (χ0) is 4.28. The van der Waals surface area contributed by atoms with Gasteiger partial charge in [-0.25, -0.2) is 0 Å². The summed E-state index contributed by atoms with van der Waals surface area (Å²) in [6, 6.07) is 0. The summed E-state index contributed by atoms with van der Waals surface area (Å²) in [7, 11) is 0. The molecule has 0 atom stereocenters. The molecule has 0 aromatic heterocycles. The summed E-state index contributed by atoms with van der Waals surface area (Å²) in [6.07, 6.45) is 0.222. The molecule has 0 spiro atoms. The minimum absolute atomic E-state index is 0. The molecule has 4 heteroatoms. The van der Waals surface area contributed by atoms with Gasteiger partial charge in [0, 0.05) is 25.9 Å². The van der Waals surface area contributed by atoms with Gasteiger partial charge in [0.15, 0.2) is 17.4 Å². The van der Waals surface area contributed by atoms with Crippen molar-refractivity contribution in [2.24, 2.45) is 0 Å². The summed E-state index contributed by atoms with van der Waals surface area (Å²) in [5.41, 5.74) is 0. The van der Waals surface area contributed by atoms with Gasteiger partial charge < -0.3 is 5.11 Å². The van der Waals surface area contributed by atoms with Crippen molar-refractivity contribution in [3.63, 3.8) is 0 Å². The second kappa shape index (κ2) is 9.80. The number of hydrogen-bond donors (Lipinski definition) is 1. The van der Waals surface area contributed by atoms with Crippen molar-refractivity contribution in [3.05, 3.63) is 0 Å². The van der Waals surface area contributed by atoms with Crippen LogP contribution in [0.4, 0.5) is 0 Å². The quantitative estimate of drug-likeness (QED) is 0.527. The van der Waals surface area contributed by atoms with E-state index in [1.807, 2.05) is 0 Å². The molecule has 0 bridgehead atoms. The van der Waals surface area contributed by atoms with E-state index in [-0.39, 0.29) is 43.3 Å². The molecule has 7 heavy (non-hydrogen) atoms. The van der Waals surface area contributed by atoms with Crippen LogP contribution in [0.3, 0.4) is 0 Å². The number of carboxylic acid groups (broad SMARTS) is 1. The second-order valence-corrected chi connectivity index (χ2v) is 0.747. The molecule has 0 aliphatic carbocycles. The van der Waals surface area contributed by atoms with E-state index in [1.54, 1.807) is 6.92 Å². The molecule has 0 saturated carbocycles. The molecule has 0 unspecified atom stereocenters. The second-order valence-electron chi connectivity index (χ2n) is 0.747. The number of aliphatic carboxylic acids is 1. The Kier molecular flexibility index (Phi) is 21.9. The van der Waals surface area contributed by atoms with Crippen LogP contribution in [0.5, 0.6) is 0 Å². The van der Waals surface area contributed by atoms with Gasteiger partial charge >= 0.3 is 5.97 Å². The zero-order valence-corrected chi connectivity index (χ0v) is 6.74.